The smallest absolute Gasteiger partial charge is 0.391 e. The minimum atomic E-state index is -0.970. The quantitative estimate of drug-likeness (QED) is 0.811. The lowest BCUT2D eigenvalue weighted by Crippen LogP contribution is -2.34. The predicted molar refractivity (Wildman–Crippen MR) is 109 cm³/mol. The summed E-state index contributed by atoms with van der Waals surface area (Å²) in [6.45, 7) is 4.60. The molecule has 7 nitrogen and oxygen atoms in total. The normalized spacial score (nSPS) is 21.2. The fourth-order valence-corrected chi connectivity index (χ4v) is 4.49. The maximum atomic E-state index is 12.9. The molecule has 0 bridgehead atoms. The Kier molecular flexibility index (Phi) is 5.76. The number of ether oxygens (including phenoxy) is 1. The maximum Gasteiger partial charge on any atom is 0.411 e. The van der Waals surface area contributed by atoms with Crippen molar-refractivity contribution in [3.8, 4) is 5.88 Å². The van der Waals surface area contributed by atoms with Gasteiger partial charge in [0.15, 0.2) is 0 Å². The van der Waals surface area contributed by atoms with E-state index in [9.17, 15) is 9.59 Å². The van der Waals surface area contributed by atoms with Gasteiger partial charge in [-0.25, -0.2) is 9.78 Å². The summed E-state index contributed by atoms with van der Waals surface area (Å²) in [4.78, 5) is 32.3. The van der Waals surface area contributed by atoms with E-state index >= 15 is 0 Å². The number of hydrogen-bond acceptors (Lipinski definition) is 5. The first kappa shape index (κ1) is 19.4. The Hall–Kier alpha value is -2.93. The van der Waals surface area contributed by atoms with Crippen LogP contribution >= 0.6 is 0 Å². The van der Waals surface area contributed by atoms with Crippen LogP contribution in [0.3, 0.4) is 0 Å². The monoisotopic (exact) mass is 394 g/mol. The molecule has 3 heterocycles. The number of benzene rings is 1. The molecule has 1 aromatic carbocycles. The van der Waals surface area contributed by atoms with E-state index in [0.29, 0.717) is 11.8 Å². The Morgan fingerprint density at radius 1 is 1.03 bits per heavy atom. The summed E-state index contributed by atoms with van der Waals surface area (Å²) < 4.78 is 4.89. The molecule has 2 aliphatic heterocycles. The molecule has 2 atom stereocenters. The third kappa shape index (κ3) is 4.56. The van der Waals surface area contributed by atoms with Crippen LogP contribution in [0.2, 0.25) is 0 Å². The SMILES string of the molecule is NC(=O)Oc1ncccc1C(=O)N1CC2CN(CCCc3ccccc3)C[C@H]2C1. The number of carbonyl (C=O) groups excluding carboxylic acids is 2. The van der Waals surface area contributed by atoms with Crippen LogP contribution in [0.4, 0.5) is 4.79 Å². The molecule has 0 spiro atoms. The number of primary amides is 1. The Morgan fingerprint density at radius 2 is 1.76 bits per heavy atom. The van der Waals surface area contributed by atoms with Crippen molar-refractivity contribution in [2.75, 3.05) is 32.7 Å². The van der Waals surface area contributed by atoms with Crippen molar-refractivity contribution < 1.29 is 14.3 Å². The van der Waals surface area contributed by atoms with Crippen LogP contribution < -0.4 is 10.5 Å². The third-order valence-electron chi connectivity index (χ3n) is 5.83. The lowest BCUT2D eigenvalue weighted by molar-refractivity contribution is 0.0770. The average Bonchev–Trinajstić information content (AvgIpc) is 3.27. The van der Waals surface area contributed by atoms with Crippen LogP contribution in [-0.2, 0) is 6.42 Å². The van der Waals surface area contributed by atoms with Gasteiger partial charge in [-0.2, -0.15) is 0 Å². The first-order chi connectivity index (χ1) is 14.1. The average molecular weight is 394 g/mol. The van der Waals surface area contributed by atoms with Crippen LogP contribution in [0.25, 0.3) is 0 Å². The number of nitrogens with two attached hydrogens (primary N) is 1. The van der Waals surface area contributed by atoms with Crippen molar-refractivity contribution >= 4 is 12.0 Å². The number of carbonyl (C=O) groups is 2. The molecule has 4 rings (SSSR count). The lowest BCUT2D eigenvalue weighted by atomic mass is 10.0. The molecule has 0 saturated carbocycles. The molecule has 2 amide bonds. The fourth-order valence-electron chi connectivity index (χ4n) is 4.49. The van der Waals surface area contributed by atoms with E-state index in [0.717, 1.165) is 45.6 Å². The van der Waals surface area contributed by atoms with Gasteiger partial charge in [0, 0.05) is 32.4 Å². The third-order valence-corrected chi connectivity index (χ3v) is 5.83. The molecule has 2 saturated heterocycles. The number of amides is 2. The van der Waals surface area contributed by atoms with Gasteiger partial charge in [-0.1, -0.05) is 30.3 Å². The molecular weight excluding hydrogens is 368 g/mol. The molecule has 29 heavy (non-hydrogen) atoms. The molecule has 2 aromatic rings. The first-order valence-corrected chi connectivity index (χ1v) is 10.1. The highest BCUT2D eigenvalue weighted by atomic mass is 16.6. The van der Waals surface area contributed by atoms with Gasteiger partial charge in [0.05, 0.1) is 0 Å². The van der Waals surface area contributed by atoms with Gasteiger partial charge in [-0.05, 0) is 48.9 Å². The topological polar surface area (TPSA) is 88.8 Å². The fraction of sp³-hybridized carbons (Fsp3) is 0.409. The second-order valence-corrected chi connectivity index (χ2v) is 7.86. The van der Waals surface area contributed by atoms with Gasteiger partial charge in [0.1, 0.15) is 5.56 Å². The number of nitrogens with zero attached hydrogens (tertiary/aromatic N) is 3. The number of likely N-dealkylation sites (tertiary alicyclic amines) is 2. The van der Waals surface area contributed by atoms with Crippen LogP contribution in [0.15, 0.2) is 48.7 Å². The second kappa shape index (κ2) is 8.61. The van der Waals surface area contributed by atoms with E-state index in [1.807, 2.05) is 11.0 Å². The number of aromatic nitrogens is 1. The van der Waals surface area contributed by atoms with Gasteiger partial charge in [0.25, 0.3) is 5.91 Å². The first-order valence-electron chi connectivity index (χ1n) is 10.1. The predicted octanol–water partition coefficient (Wildman–Crippen LogP) is 2.18. The molecule has 0 radical (unpaired) electrons. The van der Waals surface area contributed by atoms with Crippen LogP contribution in [-0.4, -0.2) is 59.5 Å². The number of aryl methyl sites for hydroxylation is 1. The Morgan fingerprint density at radius 3 is 2.45 bits per heavy atom. The molecular formula is C22H26N4O3. The maximum absolute atomic E-state index is 12.9. The van der Waals surface area contributed by atoms with Crippen molar-refractivity contribution in [1.82, 2.24) is 14.8 Å². The number of hydrogen-bond donors (Lipinski definition) is 1. The van der Waals surface area contributed by atoms with Gasteiger partial charge < -0.3 is 20.3 Å². The van der Waals surface area contributed by atoms with Crippen LogP contribution in [0, 0.1) is 11.8 Å². The largest absolute Gasteiger partial charge is 0.411 e. The van der Waals surface area contributed by atoms with Gasteiger partial charge in [0.2, 0.25) is 5.88 Å². The highest BCUT2D eigenvalue weighted by molar-refractivity contribution is 5.97. The summed E-state index contributed by atoms with van der Waals surface area (Å²) in [5.41, 5.74) is 6.75. The molecule has 1 unspecified atom stereocenters. The van der Waals surface area contributed by atoms with E-state index in [-0.39, 0.29) is 17.4 Å². The standard InChI is InChI=1S/C22H26N4O3/c23-22(28)29-20-19(9-4-10-24-20)21(27)26-14-17-12-25(13-18(17)15-26)11-5-8-16-6-2-1-3-7-16/h1-4,6-7,9-10,17-18H,5,8,11-15H2,(H2,23,28)/t17-,18?/m0/s1. The molecule has 7 heteroatoms. The van der Waals surface area contributed by atoms with E-state index in [1.54, 1.807) is 12.1 Å². The zero-order valence-corrected chi connectivity index (χ0v) is 16.4. The van der Waals surface area contributed by atoms with E-state index < -0.39 is 6.09 Å². The van der Waals surface area contributed by atoms with E-state index in [1.165, 1.54) is 11.8 Å². The molecule has 2 aliphatic rings. The summed E-state index contributed by atoms with van der Waals surface area (Å²) in [5.74, 6) is 0.810. The van der Waals surface area contributed by atoms with Crippen LogP contribution in [0.5, 0.6) is 5.88 Å². The Balaban J connectivity index is 1.29. The minimum Gasteiger partial charge on any atom is -0.391 e. The van der Waals surface area contributed by atoms with Crippen molar-refractivity contribution in [1.29, 1.82) is 0 Å². The summed E-state index contributed by atoms with van der Waals surface area (Å²) in [7, 11) is 0. The number of fused-ring (bicyclic) bond motifs is 1. The number of pyridine rings is 1. The highest BCUT2D eigenvalue weighted by Gasteiger charge is 2.41. The zero-order chi connectivity index (χ0) is 20.2. The molecule has 152 valence electrons. The van der Waals surface area contributed by atoms with Crippen molar-refractivity contribution in [3.63, 3.8) is 0 Å². The van der Waals surface area contributed by atoms with E-state index in [2.05, 4.69) is 34.1 Å². The number of rotatable bonds is 6. The van der Waals surface area contributed by atoms with Gasteiger partial charge in [-0.3, -0.25) is 4.79 Å². The second-order valence-electron chi connectivity index (χ2n) is 7.86. The van der Waals surface area contributed by atoms with Crippen molar-refractivity contribution in [2.24, 2.45) is 17.6 Å². The minimum absolute atomic E-state index is 0.0235. The molecule has 2 N–H and O–H groups in total. The lowest BCUT2D eigenvalue weighted by Gasteiger charge is -2.22. The summed E-state index contributed by atoms with van der Waals surface area (Å²) in [5, 5.41) is 0. The summed E-state index contributed by atoms with van der Waals surface area (Å²) in [6, 6.07) is 13.9. The van der Waals surface area contributed by atoms with Gasteiger partial charge >= 0.3 is 6.09 Å². The highest BCUT2D eigenvalue weighted by Crippen LogP contribution is 2.32. The Bertz CT molecular complexity index is 859. The molecule has 2 fully saturated rings. The van der Waals surface area contributed by atoms with E-state index in [4.69, 9.17) is 10.5 Å². The van der Waals surface area contributed by atoms with Crippen LogP contribution in [0.1, 0.15) is 22.3 Å². The molecule has 0 aliphatic carbocycles. The molecule has 1 aromatic heterocycles. The summed E-state index contributed by atoms with van der Waals surface area (Å²) >= 11 is 0. The Labute approximate surface area is 170 Å². The van der Waals surface area contributed by atoms with Gasteiger partial charge in [-0.15, -0.1) is 0 Å². The zero-order valence-electron chi connectivity index (χ0n) is 16.4. The van der Waals surface area contributed by atoms with Crippen molar-refractivity contribution in [3.05, 3.63) is 59.8 Å². The summed E-state index contributed by atoms with van der Waals surface area (Å²) in [6.07, 6.45) is 2.75. The van der Waals surface area contributed by atoms with Crippen molar-refractivity contribution in [2.45, 2.75) is 12.8 Å².